The van der Waals surface area contributed by atoms with Crippen molar-refractivity contribution >= 4 is 11.0 Å². The molecule has 1 aromatic heterocycles. The summed E-state index contributed by atoms with van der Waals surface area (Å²) in [5.74, 6) is 0.836. The summed E-state index contributed by atoms with van der Waals surface area (Å²) in [7, 11) is 1.67. The van der Waals surface area contributed by atoms with Crippen LogP contribution in [0.25, 0.3) is 11.0 Å². The lowest BCUT2D eigenvalue weighted by Gasteiger charge is -2.21. The third-order valence-electron chi connectivity index (χ3n) is 3.40. The summed E-state index contributed by atoms with van der Waals surface area (Å²) >= 11 is 0. The molecular weight excluding hydrogens is 200 g/mol. The summed E-state index contributed by atoms with van der Waals surface area (Å²) in [6.45, 7) is 6.67. The van der Waals surface area contributed by atoms with Crippen LogP contribution in [0.4, 0.5) is 0 Å². The van der Waals surface area contributed by atoms with E-state index in [4.69, 9.17) is 9.15 Å². The highest BCUT2D eigenvalue weighted by Crippen LogP contribution is 2.35. The Bertz CT molecular complexity index is 494. The van der Waals surface area contributed by atoms with Crippen molar-refractivity contribution in [3.8, 4) is 5.75 Å². The van der Waals surface area contributed by atoms with E-state index in [1.54, 1.807) is 7.11 Å². The van der Waals surface area contributed by atoms with E-state index in [1.165, 1.54) is 10.9 Å². The molecule has 2 rings (SSSR count). The maximum absolute atomic E-state index is 5.60. The highest BCUT2D eigenvalue weighted by molar-refractivity contribution is 5.83. The lowest BCUT2D eigenvalue weighted by Crippen LogP contribution is -2.14. The van der Waals surface area contributed by atoms with Crippen molar-refractivity contribution in [2.24, 2.45) is 0 Å². The first kappa shape index (κ1) is 11.1. The zero-order chi connectivity index (χ0) is 11.8. The van der Waals surface area contributed by atoms with Gasteiger partial charge in [0.2, 0.25) is 0 Å². The standard InChI is InChI=1S/C14H18O2/c1-5-14(2,3)12-9-16-13-8-10(15-4)6-7-11(12)13/h6-9H,5H2,1-4H3. The van der Waals surface area contributed by atoms with Gasteiger partial charge in [-0.1, -0.05) is 20.8 Å². The highest BCUT2D eigenvalue weighted by atomic mass is 16.5. The third kappa shape index (κ3) is 1.69. The van der Waals surface area contributed by atoms with Crippen LogP contribution in [0.1, 0.15) is 32.8 Å². The fourth-order valence-corrected chi connectivity index (χ4v) is 1.85. The molecule has 0 unspecified atom stereocenters. The van der Waals surface area contributed by atoms with Gasteiger partial charge < -0.3 is 9.15 Å². The van der Waals surface area contributed by atoms with E-state index in [0.717, 1.165) is 17.8 Å². The monoisotopic (exact) mass is 218 g/mol. The number of rotatable bonds is 3. The van der Waals surface area contributed by atoms with Gasteiger partial charge in [0.1, 0.15) is 11.3 Å². The molecule has 0 saturated carbocycles. The summed E-state index contributed by atoms with van der Waals surface area (Å²) < 4.78 is 10.8. The largest absolute Gasteiger partial charge is 0.497 e. The van der Waals surface area contributed by atoms with Crippen LogP contribution in [-0.2, 0) is 5.41 Å². The number of benzene rings is 1. The topological polar surface area (TPSA) is 22.4 Å². The lowest BCUT2D eigenvalue weighted by atomic mass is 9.82. The van der Waals surface area contributed by atoms with Crippen LogP contribution in [0, 0.1) is 0 Å². The second-order valence-corrected chi connectivity index (χ2v) is 4.75. The molecular formula is C14H18O2. The molecule has 0 spiro atoms. The lowest BCUT2D eigenvalue weighted by molar-refractivity contribution is 0.414. The average molecular weight is 218 g/mol. The van der Waals surface area contributed by atoms with Crippen LogP contribution < -0.4 is 4.74 Å². The zero-order valence-electron chi connectivity index (χ0n) is 10.3. The molecule has 0 bridgehead atoms. The van der Waals surface area contributed by atoms with Gasteiger partial charge in [0.15, 0.2) is 0 Å². The van der Waals surface area contributed by atoms with Crippen LogP contribution in [0.15, 0.2) is 28.9 Å². The van der Waals surface area contributed by atoms with E-state index in [9.17, 15) is 0 Å². The predicted molar refractivity (Wildman–Crippen MR) is 66.1 cm³/mol. The van der Waals surface area contributed by atoms with Crippen molar-refractivity contribution in [1.29, 1.82) is 0 Å². The van der Waals surface area contributed by atoms with Gasteiger partial charge in [0.05, 0.1) is 13.4 Å². The molecule has 0 saturated heterocycles. The number of hydrogen-bond acceptors (Lipinski definition) is 2. The van der Waals surface area contributed by atoms with Crippen molar-refractivity contribution in [2.45, 2.75) is 32.6 Å². The van der Waals surface area contributed by atoms with E-state index in [2.05, 4.69) is 26.8 Å². The maximum atomic E-state index is 5.60. The van der Waals surface area contributed by atoms with E-state index in [-0.39, 0.29) is 5.41 Å². The molecule has 0 fully saturated rings. The van der Waals surface area contributed by atoms with Crippen LogP contribution in [0.5, 0.6) is 5.75 Å². The summed E-state index contributed by atoms with van der Waals surface area (Å²) in [5, 5.41) is 1.19. The van der Waals surface area contributed by atoms with E-state index in [0.29, 0.717) is 0 Å². The van der Waals surface area contributed by atoms with Crippen LogP contribution in [0.3, 0.4) is 0 Å². The molecule has 1 heterocycles. The molecule has 0 atom stereocenters. The van der Waals surface area contributed by atoms with Crippen molar-refractivity contribution in [3.63, 3.8) is 0 Å². The van der Waals surface area contributed by atoms with Gasteiger partial charge in [-0.3, -0.25) is 0 Å². The SMILES string of the molecule is CCC(C)(C)c1coc2cc(OC)ccc12. The van der Waals surface area contributed by atoms with E-state index < -0.39 is 0 Å². The molecule has 0 aliphatic rings. The number of furan rings is 1. The quantitative estimate of drug-likeness (QED) is 0.772. The van der Waals surface area contributed by atoms with Gasteiger partial charge in [0.25, 0.3) is 0 Å². The fraction of sp³-hybridized carbons (Fsp3) is 0.429. The molecule has 2 nitrogen and oxygen atoms in total. The van der Waals surface area contributed by atoms with Crippen LogP contribution in [-0.4, -0.2) is 7.11 Å². The molecule has 2 heteroatoms. The number of hydrogen-bond donors (Lipinski definition) is 0. The second kappa shape index (κ2) is 3.85. The summed E-state index contributed by atoms with van der Waals surface area (Å²) in [6.07, 6.45) is 2.96. The smallest absolute Gasteiger partial charge is 0.137 e. The first-order chi connectivity index (χ1) is 7.58. The van der Waals surface area contributed by atoms with Crippen molar-refractivity contribution in [1.82, 2.24) is 0 Å². The van der Waals surface area contributed by atoms with Gasteiger partial charge >= 0.3 is 0 Å². The Balaban J connectivity index is 2.58. The van der Waals surface area contributed by atoms with E-state index in [1.807, 2.05) is 18.4 Å². The van der Waals surface area contributed by atoms with Gasteiger partial charge in [-0.25, -0.2) is 0 Å². The van der Waals surface area contributed by atoms with Crippen LogP contribution in [0.2, 0.25) is 0 Å². The minimum atomic E-state index is 0.153. The fourth-order valence-electron chi connectivity index (χ4n) is 1.85. The third-order valence-corrected chi connectivity index (χ3v) is 3.40. The Morgan fingerprint density at radius 2 is 2.06 bits per heavy atom. The molecule has 0 aliphatic carbocycles. The Labute approximate surface area is 96.2 Å². The Hall–Kier alpha value is -1.44. The molecule has 1 aromatic carbocycles. The number of ether oxygens (including phenoxy) is 1. The van der Waals surface area contributed by atoms with Crippen molar-refractivity contribution in [2.75, 3.05) is 7.11 Å². The van der Waals surface area contributed by atoms with Crippen molar-refractivity contribution in [3.05, 3.63) is 30.0 Å². The highest BCUT2D eigenvalue weighted by Gasteiger charge is 2.22. The zero-order valence-corrected chi connectivity index (χ0v) is 10.3. The first-order valence-corrected chi connectivity index (χ1v) is 5.64. The summed E-state index contributed by atoms with van der Waals surface area (Å²) in [5.41, 5.74) is 2.32. The Morgan fingerprint density at radius 3 is 2.69 bits per heavy atom. The Kier molecular flexibility index (Phi) is 2.66. The van der Waals surface area contributed by atoms with Gasteiger partial charge in [0, 0.05) is 17.0 Å². The van der Waals surface area contributed by atoms with Gasteiger partial charge in [-0.15, -0.1) is 0 Å². The second-order valence-electron chi connectivity index (χ2n) is 4.75. The molecule has 16 heavy (non-hydrogen) atoms. The molecule has 0 radical (unpaired) electrons. The molecule has 0 aliphatic heterocycles. The normalized spacial score (nSPS) is 12.0. The minimum absolute atomic E-state index is 0.153. The summed E-state index contributed by atoms with van der Waals surface area (Å²) in [6, 6.07) is 5.99. The summed E-state index contributed by atoms with van der Waals surface area (Å²) in [4.78, 5) is 0. The molecule has 0 N–H and O–H groups in total. The van der Waals surface area contributed by atoms with Gasteiger partial charge in [-0.2, -0.15) is 0 Å². The molecule has 86 valence electrons. The van der Waals surface area contributed by atoms with Crippen LogP contribution >= 0.6 is 0 Å². The van der Waals surface area contributed by atoms with Crippen molar-refractivity contribution < 1.29 is 9.15 Å². The predicted octanol–water partition coefficient (Wildman–Crippen LogP) is 4.13. The minimum Gasteiger partial charge on any atom is -0.497 e. The van der Waals surface area contributed by atoms with Gasteiger partial charge in [-0.05, 0) is 24.0 Å². The number of fused-ring (bicyclic) bond motifs is 1. The maximum Gasteiger partial charge on any atom is 0.137 e. The average Bonchev–Trinajstić information content (AvgIpc) is 2.72. The molecule has 2 aromatic rings. The first-order valence-electron chi connectivity index (χ1n) is 5.64. The Morgan fingerprint density at radius 1 is 1.31 bits per heavy atom. The van der Waals surface area contributed by atoms with E-state index >= 15 is 0 Å². The number of methoxy groups -OCH3 is 1. The molecule has 0 amide bonds.